The van der Waals surface area contributed by atoms with Crippen molar-refractivity contribution in [1.82, 2.24) is 0 Å². The van der Waals surface area contributed by atoms with E-state index in [0.717, 1.165) is 23.7 Å². The lowest BCUT2D eigenvalue weighted by Gasteiger charge is -2.35. The van der Waals surface area contributed by atoms with Crippen molar-refractivity contribution in [2.45, 2.75) is 60.8 Å². The summed E-state index contributed by atoms with van der Waals surface area (Å²) in [7, 11) is 0. The van der Waals surface area contributed by atoms with Gasteiger partial charge in [0.1, 0.15) is 0 Å². The zero-order chi connectivity index (χ0) is 10.4. The molecule has 1 fully saturated rings. The van der Waals surface area contributed by atoms with E-state index in [1.54, 1.807) is 0 Å². The van der Waals surface area contributed by atoms with Crippen LogP contribution in [0.3, 0.4) is 0 Å². The van der Waals surface area contributed by atoms with Crippen molar-refractivity contribution >= 4 is 0 Å². The molecular formula is C13H28. The number of hydrogen-bond donors (Lipinski definition) is 0. The van der Waals surface area contributed by atoms with Gasteiger partial charge in [-0.25, -0.2) is 0 Å². The van der Waals surface area contributed by atoms with Gasteiger partial charge in [0.25, 0.3) is 0 Å². The Morgan fingerprint density at radius 3 is 1.92 bits per heavy atom. The van der Waals surface area contributed by atoms with E-state index in [0.29, 0.717) is 0 Å². The monoisotopic (exact) mass is 184 g/mol. The summed E-state index contributed by atoms with van der Waals surface area (Å²) in [5.74, 6) is 3.86. The van der Waals surface area contributed by atoms with Crippen molar-refractivity contribution in [3.63, 3.8) is 0 Å². The van der Waals surface area contributed by atoms with Gasteiger partial charge in [0.2, 0.25) is 0 Å². The minimum Gasteiger partial charge on any atom is -0.0683 e. The van der Waals surface area contributed by atoms with E-state index in [2.05, 4.69) is 27.7 Å². The zero-order valence-corrected chi connectivity index (χ0v) is 10.4. The molecule has 0 aromatic carbocycles. The molecule has 1 unspecified atom stereocenters. The first-order valence-electron chi connectivity index (χ1n) is 6.11. The Morgan fingerprint density at radius 1 is 1.00 bits per heavy atom. The van der Waals surface area contributed by atoms with Crippen LogP contribution in [0.1, 0.15) is 60.8 Å². The van der Waals surface area contributed by atoms with Crippen LogP contribution < -0.4 is 0 Å². The van der Waals surface area contributed by atoms with Gasteiger partial charge in [-0.2, -0.15) is 0 Å². The highest BCUT2D eigenvalue weighted by atomic mass is 14.3. The van der Waals surface area contributed by atoms with Crippen molar-refractivity contribution < 1.29 is 0 Å². The quantitative estimate of drug-likeness (QED) is 0.552. The lowest BCUT2D eigenvalue weighted by Crippen LogP contribution is -2.25. The molecule has 0 amide bonds. The van der Waals surface area contributed by atoms with E-state index < -0.39 is 0 Å². The molecule has 13 heavy (non-hydrogen) atoms. The number of rotatable bonds is 1. The van der Waals surface area contributed by atoms with Gasteiger partial charge in [-0.05, 0) is 36.5 Å². The molecule has 0 radical (unpaired) electrons. The molecule has 0 heterocycles. The first-order valence-corrected chi connectivity index (χ1v) is 6.11. The van der Waals surface area contributed by atoms with E-state index in [1.807, 2.05) is 13.8 Å². The van der Waals surface area contributed by atoms with E-state index in [1.165, 1.54) is 19.3 Å². The second-order valence-corrected chi connectivity index (χ2v) is 4.80. The van der Waals surface area contributed by atoms with Crippen LogP contribution >= 0.6 is 0 Å². The van der Waals surface area contributed by atoms with E-state index in [4.69, 9.17) is 0 Å². The van der Waals surface area contributed by atoms with E-state index >= 15 is 0 Å². The molecular weight excluding hydrogens is 156 g/mol. The largest absolute Gasteiger partial charge is 0.0683 e. The van der Waals surface area contributed by atoms with E-state index in [9.17, 15) is 0 Å². The fourth-order valence-corrected chi connectivity index (χ4v) is 2.68. The van der Waals surface area contributed by atoms with Crippen molar-refractivity contribution in [3.8, 4) is 0 Å². The van der Waals surface area contributed by atoms with Crippen LogP contribution in [0.25, 0.3) is 0 Å². The molecule has 1 rings (SSSR count). The average Bonchev–Trinajstić information content (AvgIpc) is 2.07. The molecule has 1 saturated carbocycles. The molecule has 0 saturated heterocycles. The SMILES string of the molecule is CC.CC(C)[C@@H]1CC[C@@H](C)CC1C. The first-order chi connectivity index (χ1) is 6.11. The summed E-state index contributed by atoms with van der Waals surface area (Å²) in [6, 6.07) is 0. The fourth-order valence-electron chi connectivity index (χ4n) is 2.68. The van der Waals surface area contributed by atoms with Gasteiger partial charge >= 0.3 is 0 Å². The van der Waals surface area contributed by atoms with Crippen LogP contribution in [0.15, 0.2) is 0 Å². The van der Waals surface area contributed by atoms with Gasteiger partial charge in [0.05, 0.1) is 0 Å². The second-order valence-electron chi connectivity index (χ2n) is 4.80. The Kier molecular flexibility index (Phi) is 6.45. The van der Waals surface area contributed by atoms with Crippen molar-refractivity contribution in [3.05, 3.63) is 0 Å². The third-order valence-corrected chi connectivity index (χ3v) is 3.35. The minimum absolute atomic E-state index is 0.900. The smallest absolute Gasteiger partial charge is 0.0365 e. The predicted octanol–water partition coefficient (Wildman–Crippen LogP) is 4.74. The highest BCUT2D eigenvalue weighted by molar-refractivity contribution is 4.77. The van der Waals surface area contributed by atoms with Crippen molar-refractivity contribution in [1.29, 1.82) is 0 Å². The molecule has 0 nitrogen and oxygen atoms in total. The summed E-state index contributed by atoms with van der Waals surface area (Å²) in [4.78, 5) is 0. The van der Waals surface area contributed by atoms with Crippen molar-refractivity contribution in [2.75, 3.05) is 0 Å². The molecule has 0 aromatic heterocycles. The molecule has 1 aliphatic carbocycles. The minimum atomic E-state index is 0.900. The van der Waals surface area contributed by atoms with Crippen LogP contribution in [-0.2, 0) is 0 Å². The average molecular weight is 184 g/mol. The lowest BCUT2D eigenvalue weighted by atomic mass is 9.71. The Bertz CT molecular complexity index is 115. The predicted molar refractivity (Wildman–Crippen MR) is 61.9 cm³/mol. The van der Waals surface area contributed by atoms with Crippen LogP contribution in [0.2, 0.25) is 0 Å². The van der Waals surface area contributed by atoms with Gasteiger partial charge in [0, 0.05) is 0 Å². The van der Waals surface area contributed by atoms with E-state index in [-0.39, 0.29) is 0 Å². The van der Waals surface area contributed by atoms with Crippen LogP contribution in [0.4, 0.5) is 0 Å². The standard InChI is InChI=1S/C11H22.C2H6/c1-8(2)11-6-5-9(3)7-10(11)4;1-2/h8-11H,5-7H2,1-4H3;1-2H3/t9-,10?,11+;/m1./s1. The molecule has 0 heteroatoms. The molecule has 0 aromatic rings. The molecule has 1 aliphatic rings. The van der Waals surface area contributed by atoms with Gasteiger partial charge in [-0.15, -0.1) is 0 Å². The second kappa shape index (κ2) is 6.45. The Hall–Kier alpha value is 0. The summed E-state index contributed by atoms with van der Waals surface area (Å²) >= 11 is 0. The van der Waals surface area contributed by atoms with Gasteiger partial charge < -0.3 is 0 Å². The molecule has 3 atom stereocenters. The highest BCUT2D eigenvalue weighted by Gasteiger charge is 2.26. The summed E-state index contributed by atoms with van der Waals surface area (Å²) in [6.07, 6.45) is 4.40. The summed E-state index contributed by atoms with van der Waals surface area (Å²) in [6.45, 7) is 13.6. The van der Waals surface area contributed by atoms with Crippen molar-refractivity contribution in [2.24, 2.45) is 23.7 Å². The molecule has 0 N–H and O–H groups in total. The third-order valence-electron chi connectivity index (χ3n) is 3.35. The van der Waals surface area contributed by atoms with Gasteiger partial charge in [-0.1, -0.05) is 48.0 Å². The van der Waals surface area contributed by atoms with Gasteiger partial charge in [0.15, 0.2) is 0 Å². The lowest BCUT2D eigenvalue weighted by molar-refractivity contribution is 0.158. The fraction of sp³-hybridized carbons (Fsp3) is 1.00. The van der Waals surface area contributed by atoms with Crippen LogP contribution in [-0.4, -0.2) is 0 Å². The summed E-state index contributed by atoms with van der Waals surface area (Å²) in [5, 5.41) is 0. The highest BCUT2D eigenvalue weighted by Crippen LogP contribution is 2.37. The Morgan fingerprint density at radius 2 is 1.54 bits per heavy atom. The zero-order valence-electron chi connectivity index (χ0n) is 10.4. The Labute approximate surface area is 85.1 Å². The summed E-state index contributed by atoms with van der Waals surface area (Å²) < 4.78 is 0. The number of hydrogen-bond acceptors (Lipinski definition) is 0. The van der Waals surface area contributed by atoms with Crippen LogP contribution in [0, 0.1) is 23.7 Å². The molecule has 0 spiro atoms. The normalized spacial score (nSPS) is 33.9. The Balaban J connectivity index is 0.000000671. The molecule has 80 valence electrons. The molecule has 0 bridgehead atoms. The van der Waals surface area contributed by atoms with Gasteiger partial charge in [-0.3, -0.25) is 0 Å². The third kappa shape index (κ3) is 4.15. The van der Waals surface area contributed by atoms with Crippen LogP contribution in [0.5, 0.6) is 0 Å². The first kappa shape index (κ1) is 13.0. The maximum absolute atomic E-state index is 2.43. The topological polar surface area (TPSA) is 0 Å². The summed E-state index contributed by atoms with van der Waals surface area (Å²) in [5.41, 5.74) is 0. The maximum Gasteiger partial charge on any atom is -0.0365 e. The molecule has 0 aliphatic heterocycles. The maximum atomic E-state index is 2.43.